The maximum atomic E-state index is 12.8. The highest BCUT2D eigenvalue weighted by atomic mass is 16.5. The zero-order valence-electron chi connectivity index (χ0n) is 16.5. The number of hydrogen-bond donors (Lipinski definition) is 1. The summed E-state index contributed by atoms with van der Waals surface area (Å²) in [5, 5.41) is 4.46. The van der Waals surface area contributed by atoms with E-state index in [0.29, 0.717) is 12.5 Å². The molecular weight excluding hydrogens is 342 g/mol. The average Bonchev–Trinajstić information content (AvgIpc) is 2.95. The number of aryl methyl sites for hydroxylation is 2. The van der Waals surface area contributed by atoms with Crippen LogP contribution < -0.4 is 10.3 Å². The molecule has 1 aliphatic carbocycles. The minimum absolute atomic E-state index is 0.0418. The first kappa shape index (κ1) is 18.2. The minimum atomic E-state index is 0.0418. The van der Waals surface area contributed by atoms with Crippen LogP contribution in [0.2, 0.25) is 0 Å². The Bertz CT molecular complexity index is 879. The summed E-state index contributed by atoms with van der Waals surface area (Å²) < 4.78 is 7.28. The van der Waals surface area contributed by atoms with E-state index in [0.717, 1.165) is 66.6 Å². The van der Waals surface area contributed by atoms with Crippen molar-refractivity contribution in [1.82, 2.24) is 24.6 Å². The summed E-state index contributed by atoms with van der Waals surface area (Å²) in [5.74, 6) is 2.13. The highest BCUT2D eigenvalue weighted by Crippen LogP contribution is 2.31. The van der Waals surface area contributed by atoms with Gasteiger partial charge in [-0.05, 0) is 19.8 Å². The summed E-state index contributed by atoms with van der Waals surface area (Å²) >= 11 is 0. The summed E-state index contributed by atoms with van der Waals surface area (Å²) in [6.45, 7) is 4.25. The molecule has 2 aromatic heterocycles. The number of hydrogen-bond acceptors (Lipinski definition) is 5. The van der Waals surface area contributed by atoms with E-state index in [1.165, 1.54) is 19.3 Å². The monoisotopic (exact) mass is 371 g/mol. The molecule has 1 fully saturated rings. The molecule has 27 heavy (non-hydrogen) atoms. The third-order valence-electron chi connectivity index (χ3n) is 6.02. The van der Waals surface area contributed by atoms with Gasteiger partial charge in [-0.2, -0.15) is 5.10 Å². The van der Waals surface area contributed by atoms with Crippen molar-refractivity contribution in [2.45, 2.75) is 64.5 Å². The Morgan fingerprint density at radius 1 is 1.26 bits per heavy atom. The van der Waals surface area contributed by atoms with Crippen molar-refractivity contribution in [2.24, 2.45) is 7.05 Å². The summed E-state index contributed by atoms with van der Waals surface area (Å²) in [4.78, 5) is 23.0. The highest BCUT2D eigenvalue weighted by Gasteiger charge is 2.26. The van der Waals surface area contributed by atoms with E-state index >= 15 is 0 Å². The lowest BCUT2D eigenvalue weighted by Gasteiger charge is -2.29. The molecule has 0 spiro atoms. The van der Waals surface area contributed by atoms with Gasteiger partial charge in [0.1, 0.15) is 5.82 Å². The normalized spacial score (nSPS) is 18.5. The van der Waals surface area contributed by atoms with Crippen LogP contribution in [0.1, 0.15) is 66.4 Å². The topological polar surface area (TPSA) is 76.0 Å². The second-order valence-corrected chi connectivity index (χ2v) is 7.87. The quantitative estimate of drug-likeness (QED) is 0.893. The number of nitrogens with one attached hydrogen (secondary N) is 1. The van der Waals surface area contributed by atoms with E-state index in [-0.39, 0.29) is 5.56 Å². The van der Waals surface area contributed by atoms with Gasteiger partial charge in [0, 0.05) is 39.0 Å². The van der Waals surface area contributed by atoms with E-state index in [1.54, 1.807) is 11.8 Å². The number of ether oxygens (including phenoxy) is 1. The summed E-state index contributed by atoms with van der Waals surface area (Å²) in [6, 6.07) is 0. The van der Waals surface area contributed by atoms with E-state index in [2.05, 4.69) is 15.0 Å². The molecule has 1 saturated carbocycles. The van der Waals surface area contributed by atoms with Gasteiger partial charge >= 0.3 is 0 Å². The smallest absolute Gasteiger partial charge is 0.255 e. The Labute approximate surface area is 159 Å². The third-order valence-corrected chi connectivity index (χ3v) is 6.02. The Hall–Kier alpha value is -2.15. The number of aromatic nitrogens is 4. The van der Waals surface area contributed by atoms with Crippen LogP contribution in [0.4, 0.5) is 0 Å². The fourth-order valence-corrected chi connectivity index (χ4v) is 4.55. The summed E-state index contributed by atoms with van der Waals surface area (Å²) in [7, 11) is 3.56. The van der Waals surface area contributed by atoms with Crippen LogP contribution in [0.5, 0.6) is 5.88 Å². The summed E-state index contributed by atoms with van der Waals surface area (Å²) in [6.07, 6.45) is 6.90. The van der Waals surface area contributed by atoms with Gasteiger partial charge in [0.15, 0.2) is 0 Å². The fraction of sp³-hybridized carbons (Fsp3) is 0.650. The van der Waals surface area contributed by atoms with Crippen molar-refractivity contribution in [3.8, 4) is 5.88 Å². The zero-order valence-corrected chi connectivity index (χ0v) is 16.5. The van der Waals surface area contributed by atoms with Crippen molar-refractivity contribution in [3.05, 3.63) is 38.7 Å². The van der Waals surface area contributed by atoms with E-state index in [9.17, 15) is 4.79 Å². The molecule has 0 radical (unpaired) electrons. The van der Waals surface area contributed by atoms with Gasteiger partial charge in [-0.3, -0.25) is 9.69 Å². The lowest BCUT2D eigenvalue weighted by molar-refractivity contribution is 0.236. The van der Waals surface area contributed by atoms with Gasteiger partial charge in [-0.15, -0.1) is 0 Å². The van der Waals surface area contributed by atoms with Crippen molar-refractivity contribution < 1.29 is 4.74 Å². The van der Waals surface area contributed by atoms with Crippen LogP contribution in [0.15, 0.2) is 4.79 Å². The Balaban J connectivity index is 1.54. The molecule has 0 unspecified atom stereocenters. The Morgan fingerprint density at radius 2 is 2.04 bits per heavy atom. The largest absolute Gasteiger partial charge is 0.481 e. The van der Waals surface area contributed by atoms with Crippen LogP contribution in [0, 0.1) is 6.92 Å². The highest BCUT2D eigenvalue weighted by molar-refractivity contribution is 5.31. The number of aromatic amines is 1. The Kier molecular flexibility index (Phi) is 5.04. The number of fused-ring (bicyclic) bond motifs is 1. The van der Waals surface area contributed by atoms with Gasteiger partial charge in [-0.1, -0.05) is 19.3 Å². The molecule has 0 aromatic carbocycles. The standard InChI is InChI=1S/C20H29N5O2/c1-13-15(20(27-3)24(2)23-13)11-25-10-9-17-16(12-25)19(26)22-18(21-17)14-7-5-4-6-8-14/h14H,4-12H2,1-3H3,(H,21,22,26). The first-order valence-corrected chi connectivity index (χ1v) is 9.97. The van der Waals surface area contributed by atoms with Gasteiger partial charge in [0.25, 0.3) is 5.56 Å². The molecule has 1 N–H and O–H groups in total. The zero-order chi connectivity index (χ0) is 19.0. The minimum Gasteiger partial charge on any atom is -0.481 e. The first-order chi connectivity index (χ1) is 13.1. The van der Waals surface area contributed by atoms with Crippen molar-refractivity contribution >= 4 is 0 Å². The molecule has 146 valence electrons. The molecule has 2 aromatic rings. The molecular formula is C20H29N5O2. The van der Waals surface area contributed by atoms with Crippen molar-refractivity contribution in [3.63, 3.8) is 0 Å². The molecule has 0 atom stereocenters. The molecule has 0 saturated heterocycles. The molecule has 3 heterocycles. The molecule has 7 nitrogen and oxygen atoms in total. The van der Waals surface area contributed by atoms with Crippen LogP contribution >= 0.6 is 0 Å². The lowest BCUT2D eigenvalue weighted by atomic mass is 9.88. The first-order valence-electron chi connectivity index (χ1n) is 9.97. The van der Waals surface area contributed by atoms with Gasteiger partial charge < -0.3 is 9.72 Å². The van der Waals surface area contributed by atoms with Gasteiger partial charge in [-0.25, -0.2) is 9.67 Å². The average molecular weight is 371 g/mol. The van der Waals surface area contributed by atoms with E-state index in [4.69, 9.17) is 9.72 Å². The number of H-pyrrole nitrogens is 1. The third kappa shape index (κ3) is 3.52. The van der Waals surface area contributed by atoms with Crippen LogP contribution in [-0.4, -0.2) is 38.3 Å². The number of methoxy groups -OCH3 is 1. The van der Waals surface area contributed by atoms with Gasteiger partial charge in [0.05, 0.1) is 29.6 Å². The maximum absolute atomic E-state index is 12.8. The molecule has 0 amide bonds. The fourth-order valence-electron chi connectivity index (χ4n) is 4.55. The summed E-state index contributed by atoms with van der Waals surface area (Å²) in [5.41, 5.74) is 3.92. The second-order valence-electron chi connectivity index (χ2n) is 7.87. The molecule has 4 rings (SSSR count). The van der Waals surface area contributed by atoms with Crippen LogP contribution in [0.3, 0.4) is 0 Å². The van der Waals surface area contributed by atoms with Crippen LogP contribution in [-0.2, 0) is 26.6 Å². The number of nitrogens with zero attached hydrogens (tertiary/aromatic N) is 4. The van der Waals surface area contributed by atoms with Crippen molar-refractivity contribution in [2.75, 3.05) is 13.7 Å². The van der Waals surface area contributed by atoms with Crippen LogP contribution in [0.25, 0.3) is 0 Å². The molecule has 2 aliphatic rings. The predicted octanol–water partition coefficient (Wildman–Crippen LogP) is 2.43. The molecule has 0 bridgehead atoms. The lowest BCUT2D eigenvalue weighted by Crippen LogP contribution is -2.36. The SMILES string of the molecule is COc1c(CN2CCc3nc(C4CCCCC4)[nH]c(=O)c3C2)c(C)nn1C. The van der Waals surface area contributed by atoms with E-state index < -0.39 is 0 Å². The van der Waals surface area contributed by atoms with Gasteiger partial charge in [0.2, 0.25) is 5.88 Å². The second kappa shape index (κ2) is 7.46. The van der Waals surface area contributed by atoms with E-state index in [1.807, 2.05) is 14.0 Å². The molecule has 1 aliphatic heterocycles. The predicted molar refractivity (Wildman–Crippen MR) is 103 cm³/mol. The Morgan fingerprint density at radius 3 is 2.78 bits per heavy atom. The number of rotatable bonds is 4. The maximum Gasteiger partial charge on any atom is 0.255 e. The molecule has 7 heteroatoms. The van der Waals surface area contributed by atoms with Crippen molar-refractivity contribution in [1.29, 1.82) is 0 Å².